The normalized spacial score (nSPS) is 13.4. The topological polar surface area (TPSA) is 29.1 Å². The van der Waals surface area contributed by atoms with Gasteiger partial charge in [0.15, 0.2) is 0 Å². The Kier molecular flexibility index (Phi) is 7.51. The first-order valence-corrected chi connectivity index (χ1v) is 7.32. The molecule has 1 aliphatic rings. The average molecular weight is 287 g/mol. The van der Waals surface area contributed by atoms with E-state index in [2.05, 4.69) is 24.0 Å². The van der Waals surface area contributed by atoms with Gasteiger partial charge in [0.1, 0.15) is 0 Å². The van der Waals surface area contributed by atoms with Crippen molar-refractivity contribution in [2.75, 3.05) is 5.32 Å². The van der Waals surface area contributed by atoms with Crippen LogP contribution in [0.15, 0.2) is 65.1 Å². The van der Waals surface area contributed by atoms with E-state index in [-0.39, 0.29) is 5.91 Å². The fourth-order valence-corrected chi connectivity index (χ4v) is 1.82. The molecule has 106 valence electrons. The van der Waals surface area contributed by atoms with Crippen molar-refractivity contribution in [2.24, 2.45) is 0 Å². The van der Waals surface area contributed by atoms with Gasteiger partial charge in [0.2, 0.25) is 5.91 Å². The van der Waals surface area contributed by atoms with E-state index < -0.39 is 0 Å². The maximum absolute atomic E-state index is 11.7. The van der Waals surface area contributed by atoms with Crippen molar-refractivity contribution < 1.29 is 4.79 Å². The van der Waals surface area contributed by atoms with Crippen LogP contribution in [0.2, 0.25) is 0 Å². The molecule has 0 spiro atoms. The molecule has 1 aromatic rings. The molecule has 1 N–H and O–H groups in total. The monoisotopic (exact) mass is 287 g/mol. The molecule has 2 nitrogen and oxygen atoms in total. The van der Waals surface area contributed by atoms with Crippen LogP contribution in [0.5, 0.6) is 0 Å². The maximum atomic E-state index is 11.7. The van der Waals surface area contributed by atoms with Crippen LogP contribution < -0.4 is 5.32 Å². The third kappa shape index (κ3) is 5.93. The molecule has 3 heteroatoms. The first-order valence-electron chi connectivity index (χ1n) is 6.88. The van der Waals surface area contributed by atoms with Gasteiger partial charge in [-0.2, -0.15) is 0 Å². The Morgan fingerprint density at radius 3 is 2.55 bits per heavy atom. The number of carbonyl (C=O) groups is 1. The van der Waals surface area contributed by atoms with E-state index in [1.165, 1.54) is 5.57 Å². The van der Waals surface area contributed by atoms with Crippen LogP contribution in [0.3, 0.4) is 0 Å². The van der Waals surface area contributed by atoms with Gasteiger partial charge in [-0.3, -0.25) is 4.79 Å². The largest absolute Gasteiger partial charge is 0.323 e. The molecule has 0 bridgehead atoms. The Balaban J connectivity index is 0.000000956. The molecule has 1 aliphatic carbocycles. The Hall–Kier alpha value is -1.74. The molecular formula is C17H21NOS. The van der Waals surface area contributed by atoms with Crippen molar-refractivity contribution in [3.05, 3.63) is 60.2 Å². The van der Waals surface area contributed by atoms with Crippen molar-refractivity contribution >= 4 is 24.2 Å². The first-order chi connectivity index (χ1) is 9.74. The van der Waals surface area contributed by atoms with Crippen molar-refractivity contribution in [2.45, 2.75) is 31.6 Å². The van der Waals surface area contributed by atoms with Crippen molar-refractivity contribution in [3.63, 3.8) is 0 Å². The molecule has 2 rings (SSSR count). The lowest BCUT2D eigenvalue weighted by Crippen LogP contribution is -2.07. The Morgan fingerprint density at radius 2 is 1.95 bits per heavy atom. The average Bonchev–Trinajstić information content (AvgIpc) is 2.51. The third-order valence-corrected chi connectivity index (χ3v) is 2.93. The first kappa shape index (κ1) is 16.3. The molecule has 0 radical (unpaired) electrons. The molecule has 0 atom stereocenters. The zero-order valence-electron chi connectivity index (χ0n) is 12.0. The van der Waals surface area contributed by atoms with Crippen molar-refractivity contribution in [1.82, 2.24) is 0 Å². The Bertz CT molecular complexity index is 512. The fourth-order valence-electron chi connectivity index (χ4n) is 1.67. The van der Waals surface area contributed by atoms with Gasteiger partial charge in [0.05, 0.1) is 0 Å². The number of hydrogen-bond acceptors (Lipinski definition) is 2. The second-order valence-corrected chi connectivity index (χ2v) is 4.59. The molecule has 0 saturated heterocycles. The van der Waals surface area contributed by atoms with Crippen LogP contribution >= 0.6 is 12.6 Å². The van der Waals surface area contributed by atoms with E-state index in [9.17, 15) is 4.79 Å². The predicted molar refractivity (Wildman–Crippen MR) is 89.3 cm³/mol. The van der Waals surface area contributed by atoms with Crippen molar-refractivity contribution in [3.8, 4) is 0 Å². The van der Waals surface area contributed by atoms with Crippen LogP contribution in [-0.2, 0) is 4.79 Å². The number of benzene rings is 1. The lowest BCUT2D eigenvalue weighted by Gasteiger charge is -2.04. The van der Waals surface area contributed by atoms with E-state index in [1.807, 2.05) is 56.3 Å². The summed E-state index contributed by atoms with van der Waals surface area (Å²) in [4.78, 5) is 12.6. The van der Waals surface area contributed by atoms with E-state index in [4.69, 9.17) is 0 Å². The number of amides is 1. The summed E-state index contributed by atoms with van der Waals surface area (Å²) in [6, 6.07) is 7.35. The van der Waals surface area contributed by atoms with E-state index in [0.717, 1.165) is 23.4 Å². The summed E-state index contributed by atoms with van der Waals surface area (Å²) in [5, 5.41) is 2.80. The molecular weight excluding hydrogens is 266 g/mol. The Labute approximate surface area is 126 Å². The SMILES string of the molecule is CC.O=C(/C=C/C1=CC=CCC1)Nc1ccc(S)cc1. The van der Waals surface area contributed by atoms with Gasteiger partial charge in [-0.1, -0.05) is 38.2 Å². The quantitative estimate of drug-likeness (QED) is 0.608. The summed E-state index contributed by atoms with van der Waals surface area (Å²) in [5.74, 6) is -0.114. The van der Waals surface area contributed by atoms with Crippen LogP contribution in [0.4, 0.5) is 5.69 Å². The van der Waals surface area contributed by atoms with Gasteiger partial charge in [-0.05, 0) is 42.7 Å². The lowest BCUT2D eigenvalue weighted by molar-refractivity contribution is -0.111. The number of allylic oxidation sites excluding steroid dienone is 5. The molecule has 0 aromatic heterocycles. The predicted octanol–water partition coefficient (Wildman–Crippen LogP) is 4.77. The minimum atomic E-state index is -0.114. The number of nitrogens with one attached hydrogen (secondary N) is 1. The highest BCUT2D eigenvalue weighted by atomic mass is 32.1. The van der Waals surface area contributed by atoms with Crippen LogP contribution in [0.25, 0.3) is 0 Å². The summed E-state index contributed by atoms with van der Waals surface area (Å²) in [6.45, 7) is 4.00. The Morgan fingerprint density at radius 1 is 1.25 bits per heavy atom. The molecule has 0 aliphatic heterocycles. The van der Waals surface area contributed by atoms with E-state index >= 15 is 0 Å². The minimum Gasteiger partial charge on any atom is -0.323 e. The van der Waals surface area contributed by atoms with Gasteiger partial charge >= 0.3 is 0 Å². The van der Waals surface area contributed by atoms with Gasteiger partial charge in [0, 0.05) is 16.7 Å². The van der Waals surface area contributed by atoms with E-state index in [1.54, 1.807) is 6.08 Å². The number of carbonyl (C=O) groups excluding carboxylic acids is 1. The highest BCUT2D eigenvalue weighted by molar-refractivity contribution is 7.80. The number of anilines is 1. The fraction of sp³-hybridized carbons (Fsp3) is 0.235. The summed E-state index contributed by atoms with van der Waals surface area (Å²) in [6.07, 6.45) is 11.6. The van der Waals surface area contributed by atoms with Crippen LogP contribution in [0.1, 0.15) is 26.7 Å². The molecule has 0 saturated carbocycles. The second-order valence-electron chi connectivity index (χ2n) is 4.08. The van der Waals surface area contributed by atoms with Gasteiger partial charge in [-0.15, -0.1) is 12.6 Å². The van der Waals surface area contributed by atoms with Crippen LogP contribution in [0, 0.1) is 0 Å². The number of thiol groups is 1. The van der Waals surface area contributed by atoms with E-state index in [0.29, 0.717) is 0 Å². The van der Waals surface area contributed by atoms with Gasteiger partial charge < -0.3 is 5.32 Å². The number of rotatable bonds is 3. The van der Waals surface area contributed by atoms with Gasteiger partial charge in [0.25, 0.3) is 0 Å². The molecule has 1 amide bonds. The zero-order chi connectivity index (χ0) is 14.8. The molecule has 0 heterocycles. The molecule has 20 heavy (non-hydrogen) atoms. The zero-order valence-corrected chi connectivity index (χ0v) is 12.9. The maximum Gasteiger partial charge on any atom is 0.248 e. The van der Waals surface area contributed by atoms with Crippen LogP contribution in [-0.4, -0.2) is 5.91 Å². The summed E-state index contributed by atoms with van der Waals surface area (Å²) in [5.41, 5.74) is 1.96. The molecule has 0 fully saturated rings. The third-order valence-electron chi connectivity index (χ3n) is 2.63. The lowest BCUT2D eigenvalue weighted by atomic mass is 10.0. The summed E-state index contributed by atoms with van der Waals surface area (Å²) < 4.78 is 0. The smallest absolute Gasteiger partial charge is 0.248 e. The summed E-state index contributed by atoms with van der Waals surface area (Å²) >= 11 is 4.19. The minimum absolute atomic E-state index is 0.114. The number of hydrogen-bond donors (Lipinski definition) is 2. The molecule has 1 aromatic carbocycles. The summed E-state index contributed by atoms with van der Waals surface area (Å²) in [7, 11) is 0. The van der Waals surface area contributed by atoms with Gasteiger partial charge in [-0.25, -0.2) is 0 Å². The van der Waals surface area contributed by atoms with Crippen molar-refractivity contribution in [1.29, 1.82) is 0 Å². The standard InChI is InChI=1S/C15H15NOS.C2H6/c17-15(11-6-12-4-2-1-3-5-12)16-13-7-9-14(18)10-8-13;1-2/h1-2,4,6-11,18H,3,5H2,(H,16,17);1-2H3/b11-6+;. The molecule has 0 unspecified atom stereocenters. The highest BCUT2D eigenvalue weighted by Crippen LogP contribution is 2.14. The highest BCUT2D eigenvalue weighted by Gasteiger charge is 1.99. The second kappa shape index (κ2) is 9.21.